The number of hydrazone groups is 1. The Hall–Kier alpha value is -2.73. The molecule has 2 rings (SSSR count). The van der Waals surface area contributed by atoms with E-state index in [9.17, 15) is 4.79 Å². The molecule has 1 amide bonds. The number of hydrogen-bond donors (Lipinski definition) is 1. The third-order valence-electron chi connectivity index (χ3n) is 3.77. The van der Waals surface area contributed by atoms with Gasteiger partial charge in [0.15, 0.2) is 11.5 Å². The molecule has 0 fully saturated rings. The largest absolute Gasteiger partial charge is 0.493 e. The van der Waals surface area contributed by atoms with E-state index < -0.39 is 0 Å². The van der Waals surface area contributed by atoms with Crippen LogP contribution in [0.2, 0.25) is 5.02 Å². The smallest absolute Gasteiger partial charge is 0.271 e. The summed E-state index contributed by atoms with van der Waals surface area (Å²) in [7, 11) is 0. The number of hydrogen-bond acceptors (Lipinski definition) is 5. The van der Waals surface area contributed by atoms with Crippen molar-refractivity contribution in [1.82, 2.24) is 5.43 Å². The molecule has 0 aromatic heterocycles. The summed E-state index contributed by atoms with van der Waals surface area (Å²) in [6.07, 6.45) is 3.28. The van der Waals surface area contributed by atoms with Crippen LogP contribution in [0.25, 0.3) is 0 Å². The van der Waals surface area contributed by atoms with Gasteiger partial charge in [0.1, 0.15) is 5.75 Å². The van der Waals surface area contributed by atoms with Crippen molar-refractivity contribution in [1.29, 1.82) is 0 Å². The van der Waals surface area contributed by atoms with Gasteiger partial charge in [0.05, 0.1) is 26.0 Å². The zero-order valence-corrected chi connectivity index (χ0v) is 17.8. The Morgan fingerprint density at radius 1 is 0.966 bits per heavy atom. The minimum atomic E-state index is -0.359. The summed E-state index contributed by atoms with van der Waals surface area (Å²) in [4.78, 5) is 12.5. The van der Waals surface area contributed by atoms with Gasteiger partial charge in [-0.3, -0.25) is 4.79 Å². The van der Waals surface area contributed by atoms with Crippen LogP contribution in [0.3, 0.4) is 0 Å². The second-order valence-corrected chi connectivity index (χ2v) is 6.61. The predicted octanol–water partition coefficient (Wildman–Crippen LogP) is 5.08. The molecular formula is C22H27ClN2O4. The monoisotopic (exact) mass is 418 g/mol. The highest BCUT2D eigenvalue weighted by Gasteiger charge is 2.11. The summed E-state index contributed by atoms with van der Waals surface area (Å²) in [5, 5.41) is 4.60. The normalized spacial score (nSPS) is 10.8. The Balaban J connectivity index is 2.10. The zero-order chi connectivity index (χ0) is 21.1. The Labute approximate surface area is 176 Å². The second-order valence-electron chi connectivity index (χ2n) is 6.17. The third kappa shape index (κ3) is 6.98. The van der Waals surface area contributed by atoms with E-state index in [1.54, 1.807) is 36.4 Å². The number of rotatable bonds is 11. The average molecular weight is 419 g/mol. The predicted molar refractivity (Wildman–Crippen MR) is 116 cm³/mol. The number of nitrogens with one attached hydrogen (secondary N) is 1. The first kappa shape index (κ1) is 22.6. The van der Waals surface area contributed by atoms with Crippen LogP contribution in [-0.2, 0) is 0 Å². The van der Waals surface area contributed by atoms with Crippen molar-refractivity contribution in [3.05, 3.63) is 52.5 Å². The van der Waals surface area contributed by atoms with Gasteiger partial charge in [0.2, 0.25) is 0 Å². The molecule has 2 aromatic rings. The van der Waals surface area contributed by atoms with Crippen molar-refractivity contribution in [3.63, 3.8) is 0 Å². The molecule has 6 nitrogen and oxygen atoms in total. The second kappa shape index (κ2) is 12.0. The summed E-state index contributed by atoms with van der Waals surface area (Å²) in [5.41, 5.74) is 3.62. The number of nitrogens with zero attached hydrogens (tertiary/aromatic N) is 1. The molecule has 0 bridgehead atoms. The number of amides is 1. The molecule has 1 N–H and O–H groups in total. The van der Waals surface area contributed by atoms with Gasteiger partial charge in [0.25, 0.3) is 5.91 Å². The molecule has 0 saturated heterocycles. The van der Waals surface area contributed by atoms with E-state index in [-0.39, 0.29) is 5.91 Å². The van der Waals surface area contributed by atoms with Gasteiger partial charge in [-0.2, -0.15) is 5.10 Å². The van der Waals surface area contributed by atoms with Gasteiger partial charge in [-0.1, -0.05) is 25.4 Å². The highest BCUT2D eigenvalue weighted by atomic mass is 35.5. The van der Waals surface area contributed by atoms with Crippen LogP contribution in [-0.4, -0.2) is 31.9 Å². The highest BCUT2D eigenvalue weighted by Crippen LogP contribution is 2.28. The molecule has 156 valence electrons. The first-order chi connectivity index (χ1) is 14.1. The number of ether oxygens (including phenoxy) is 3. The van der Waals surface area contributed by atoms with Gasteiger partial charge in [-0.25, -0.2) is 5.43 Å². The van der Waals surface area contributed by atoms with Gasteiger partial charge in [-0.05, 0) is 56.2 Å². The minimum absolute atomic E-state index is 0.359. The van der Waals surface area contributed by atoms with E-state index in [0.29, 0.717) is 53.2 Å². The SMILES string of the molecule is CCCOc1ccc(Cl)cc1/C=N/NC(=O)c1ccc(OCCC)c(OCC)c1. The molecule has 0 aliphatic rings. The van der Waals surface area contributed by atoms with Crippen LogP contribution >= 0.6 is 11.6 Å². The maximum absolute atomic E-state index is 12.5. The molecule has 0 saturated carbocycles. The zero-order valence-electron chi connectivity index (χ0n) is 17.0. The van der Waals surface area contributed by atoms with E-state index in [2.05, 4.69) is 10.5 Å². The lowest BCUT2D eigenvalue weighted by Gasteiger charge is -2.12. The van der Waals surface area contributed by atoms with E-state index >= 15 is 0 Å². The van der Waals surface area contributed by atoms with Crippen molar-refractivity contribution in [2.45, 2.75) is 33.6 Å². The van der Waals surface area contributed by atoms with E-state index in [0.717, 1.165) is 12.8 Å². The van der Waals surface area contributed by atoms with Gasteiger partial charge in [0, 0.05) is 16.1 Å². The molecule has 0 heterocycles. The fraction of sp³-hybridized carbons (Fsp3) is 0.364. The lowest BCUT2D eigenvalue weighted by molar-refractivity contribution is 0.0954. The fourth-order valence-electron chi connectivity index (χ4n) is 2.44. The van der Waals surface area contributed by atoms with Gasteiger partial charge < -0.3 is 14.2 Å². The molecule has 0 radical (unpaired) electrons. The number of benzene rings is 2. The Morgan fingerprint density at radius 3 is 2.34 bits per heavy atom. The lowest BCUT2D eigenvalue weighted by atomic mass is 10.2. The Morgan fingerprint density at radius 2 is 1.66 bits per heavy atom. The molecule has 0 aliphatic carbocycles. The molecule has 7 heteroatoms. The third-order valence-corrected chi connectivity index (χ3v) is 4.01. The summed E-state index contributed by atoms with van der Waals surface area (Å²) < 4.78 is 16.9. The van der Waals surface area contributed by atoms with Crippen molar-refractivity contribution in [2.24, 2.45) is 5.10 Å². The number of halogens is 1. The van der Waals surface area contributed by atoms with Crippen molar-refractivity contribution < 1.29 is 19.0 Å². The standard InChI is InChI=1S/C22H27ClN2O4/c1-4-11-28-19-10-8-18(23)13-17(19)15-24-25-22(26)16-7-9-20(29-12-5-2)21(14-16)27-6-3/h7-10,13-15H,4-6,11-12H2,1-3H3,(H,25,26)/b24-15+. The molecule has 2 aromatic carbocycles. The van der Waals surface area contributed by atoms with E-state index in [1.165, 1.54) is 6.21 Å². The fourth-order valence-corrected chi connectivity index (χ4v) is 2.62. The van der Waals surface area contributed by atoms with E-state index in [4.69, 9.17) is 25.8 Å². The van der Waals surface area contributed by atoms with Crippen LogP contribution < -0.4 is 19.6 Å². The first-order valence-corrected chi connectivity index (χ1v) is 10.1. The van der Waals surface area contributed by atoms with E-state index in [1.807, 2.05) is 20.8 Å². The van der Waals surface area contributed by atoms with Crippen LogP contribution in [0.15, 0.2) is 41.5 Å². The van der Waals surface area contributed by atoms with Crippen molar-refractivity contribution >= 4 is 23.7 Å². The molecule has 0 aliphatic heterocycles. The maximum atomic E-state index is 12.5. The number of carbonyl (C=O) groups is 1. The summed E-state index contributed by atoms with van der Waals surface area (Å²) in [6, 6.07) is 10.3. The first-order valence-electron chi connectivity index (χ1n) is 9.74. The topological polar surface area (TPSA) is 69.2 Å². The average Bonchev–Trinajstić information content (AvgIpc) is 2.72. The summed E-state index contributed by atoms with van der Waals surface area (Å²) in [6.45, 7) is 7.57. The minimum Gasteiger partial charge on any atom is -0.493 e. The Kier molecular flexibility index (Phi) is 9.31. The summed E-state index contributed by atoms with van der Waals surface area (Å²) >= 11 is 6.06. The van der Waals surface area contributed by atoms with Gasteiger partial charge >= 0.3 is 0 Å². The number of carbonyl (C=O) groups excluding carboxylic acids is 1. The van der Waals surface area contributed by atoms with Crippen LogP contribution in [0.1, 0.15) is 49.5 Å². The molecule has 0 spiro atoms. The molecular weight excluding hydrogens is 392 g/mol. The maximum Gasteiger partial charge on any atom is 0.271 e. The molecule has 0 unspecified atom stereocenters. The molecule has 0 atom stereocenters. The van der Waals surface area contributed by atoms with Crippen molar-refractivity contribution in [2.75, 3.05) is 19.8 Å². The van der Waals surface area contributed by atoms with Crippen LogP contribution in [0.5, 0.6) is 17.2 Å². The lowest BCUT2D eigenvalue weighted by Crippen LogP contribution is -2.18. The Bertz CT molecular complexity index is 840. The highest BCUT2D eigenvalue weighted by molar-refractivity contribution is 6.30. The molecule has 29 heavy (non-hydrogen) atoms. The summed E-state index contributed by atoms with van der Waals surface area (Å²) in [5.74, 6) is 1.45. The van der Waals surface area contributed by atoms with Gasteiger partial charge in [-0.15, -0.1) is 0 Å². The quantitative estimate of drug-likeness (QED) is 0.408. The van der Waals surface area contributed by atoms with Crippen molar-refractivity contribution in [3.8, 4) is 17.2 Å². The van der Waals surface area contributed by atoms with Crippen LogP contribution in [0.4, 0.5) is 0 Å². The van der Waals surface area contributed by atoms with Crippen LogP contribution in [0, 0.1) is 0 Å².